The van der Waals surface area contributed by atoms with Gasteiger partial charge in [0.1, 0.15) is 11.9 Å². The van der Waals surface area contributed by atoms with Gasteiger partial charge in [-0.2, -0.15) is 0 Å². The van der Waals surface area contributed by atoms with Crippen molar-refractivity contribution >= 4 is 11.6 Å². The fraction of sp³-hybridized carbons (Fsp3) is 0.250. The van der Waals surface area contributed by atoms with Gasteiger partial charge in [0.25, 0.3) is 5.91 Å². The second kappa shape index (κ2) is 7.59. The molecule has 0 bridgehead atoms. The minimum Gasteiger partial charge on any atom is -0.497 e. The fourth-order valence-electron chi connectivity index (χ4n) is 4.02. The molecule has 1 amide bonds. The van der Waals surface area contributed by atoms with Gasteiger partial charge < -0.3 is 15.0 Å². The number of nitrogens with zero attached hydrogens (tertiary/aromatic N) is 2. The van der Waals surface area contributed by atoms with E-state index in [-0.39, 0.29) is 12.1 Å². The topological polar surface area (TPSA) is 54.5 Å². The first-order chi connectivity index (χ1) is 14.0. The van der Waals surface area contributed by atoms with Crippen molar-refractivity contribution in [3.63, 3.8) is 0 Å². The molecule has 2 heterocycles. The normalized spacial score (nSPS) is 15.4. The van der Waals surface area contributed by atoms with Crippen LogP contribution in [0.5, 0.6) is 5.75 Å². The van der Waals surface area contributed by atoms with Crippen molar-refractivity contribution in [1.29, 1.82) is 0 Å². The highest BCUT2D eigenvalue weighted by Gasteiger charge is 2.38. The molecule has 2 aromatic carbocycles. The van der Waals surface area contributed by atoms with Gasteiger partial charge in [-0.15, -0.1) is 0 Å². The van der Waals surface area contributed by atoms with Crippen LogP contribution < -0.4 is 10.1 Å². The maximum atomic E-state index is 13.2. The molecule has 5 heteroatoms. The Hall–Kier alpha value is -3.34. The van der Waals surface area contributed by atoms with Gasteiger partial charge in [0.2, 0.25) is 0 Å². The van der Waals surface area contributed by atoms with Gasteiger partial charge in [0.15, 0.2) is 0 Å². The minimum atomic E-state index is -0.319. The smallest absolute Gasteiger partial charge is 0.258 e. The second-order valence-corrected chi connectivity index (χ2v) is 7.54. The highest BCUT2D eigenvalue weighted by atomic mass is 16.5. The van der Waals surface area contributed by atoms with Crippen molar-refractivity contribution < 1.29 is 9.53 Å². The summed E-state index contributed by atoms with van der Waals surface area (Å²) in [5, 5.41) is 3.60. The van der Waals surface area contributed by atoms with E-state index in [2.05, 4.69) is 43.2 Å². The third-order valence-electron chi connectivity index (χ3n) is 5.37. The van der Waals surface area contributed by atoms with Crippen LogP contribution >= 0.6 is 0 Å². The largest absolute Gasteiger partial charge is 0.497 e. The average molecular weight is 387 g/mol. The van der Waals surface area contributed by atoms with Crippen molar-refractivity contribution in [3.05, 3.63) is 88.2 Å². The van der Waals surface area contributed by atoms with Crippen LogP contribution in [0.1, 0.15) is 44.5 Å². The summed E-state index contributed by atoms with van der Waals surface area (Å²) >= 11 is 0. The summed E-state index contributed by atoms with van der Waals surface area (Å²) in [4.78, 5) is 19.6. The molecule has 0 unspecified atom stereocenters. The summed E-state index contributed by atoms with van der Waals surface area (Å²) in [5.74, 6) is 0.788. The third kappa shape index (κ3) is 3.56. The molecule has 0 saturated heterocycles. The SMILES string of the molecule is COc1ccc(CN2C(=O)c3cccnc3[C@@H]2Nc2c(C)cc(C)cc2C)cc1. The van der Waals surface area contributed by atoms with E-state index in [1.807, 2.05) is 41.3 Å². The van der Waals surface area contributed by atoms with Crippen molar-refractivity contribution in [1.82, 2.24) is 9.88 Å². The molecule has 5 nitrogen and oxygen atoms in total. The Morgan fingerprint density at radius 3 is 2.41 bits per heavy atom. The summed E-state index contributed by atoms with van der Waals surface area (Å²) in [5.41, 5.74) is 7.04. The molecule has 0 saturated carbocycles. The first kappa shape index (κ1) is 19.0. The van der Waals surface area contributed by atoms with Crippen LogP contribution in [0.2, 0.25) is 0 Å². The van der Waals surface area contributed by atoms with Gasteiger partial charge in [-0.1, -0.05) is 29.8 Å². The highest BCUT2D eigenvalue weighted by Crippen LogP contribution is 2.36. The molecule has 1 N–H and O–H groups in total. The lowest BCUT2D eigenvalue weighted by Crippen LogP contribution is -2.32. The highest BCUT2D eigenvalue weighted by molar-refractivity contribution is 5.99. The molecule has 0 aliphatic carbocycles. The lowest BCUT2D eigenvalue weighted by molar-refractivity contribution is 0.0727. The summed E-state index contributed by atoms with van der Waals surface area (Å²) in [6, 6.07) is 15.8. The lowest BCUT2D eigenvalue weighted by Gasteiger charge is -2.28. The molecule has 4 rings (SSSR count). The van der Waals surface area contributed by atoms with E-state index in [0.717, 1.165) is 33.8 Å². The van der Waals surface area contributed by atoms with E-state index in [9.17, 15) is 4.79 Å². The van der Waals surface area contributed by atoms with Gasteiger partial charge >= 0.3 is 0 Å². The van der Waals surface area contributed by atoms with E-state index in [1.54, 1.807) is 13.3 Å². The van der Waals surface area contributed by atoms with Crippen molar-refractivity contribution in [2.24, 2.45) is 0 Å². The second-order valence-electron chi connectivity index (χ2n) is 7.54. The van der Waals surface area contributed by atoms with E-state index >= 15 is 0 Å². The Morgan fingerprint density at radius 1 is 1.07 bits per heavy atom. The number of anilines is 1. The third-order valence-corrected chi connectivity index (χ3v) is 5.37. The quantitative estimate of drug-likeness (QED) is 0.684. The van der Waals surface area contributed by atoms with Crippen LogP contribution in [-0.4, -0.2) is 22.9 Å². The monoisotopic (exact) mass is 387 g/mol. The molecule has 148 valence electrons. The minimum absolute atomic E-state index is 0.0103. The number of nitrogens with one attached hydrogen (secondary N) is 1. The van der Waals surface area contributed by atoms with Crippen LogP contribution in [0.4, 0.5) is 5.69 Å². The molecule has 0 fully saturated rings. The first-order valence-electron chi connectivity index (χ1n) is 9.71. The van der Waals surface area contributed by atoms with E-state index in [1.165, 1.54) is 5.56 Å². The van der Waals surface area contributed by atoms with Crippen LogP contribution in [0.25, 0.3) is 0 Å². The number of ether oxygens (including phenoxy) is 1. The van der Waals surface area contributed by atoms with Crippen molar-refractivity contribution in [2.45, 2.75) is 33.5 Å². The number of rotatable bonds is 5. The number of pyridine rings is 1. The van der Waals surface area contributed by atoms with Gasteiger partial charge in [-0.25, -0.2) is 0 Å². The van der Waals surface area contributed by atoms with Crippen LogP contribution in [-0.2, 0) is 6.54 Å². The number of carbonyl (C=O) groups is 1. The number of carbonyl (C=O) groups excluding carboxylic acids is 1. The number of hydrogen-bond donors (Lipinski definition) is 1. The molecule has 29 heavy (non-hydrogen) atoms. The Balaban J connectivity index is 1.70. The maximum absolute atomic E-state index is 13.2. The Labute approximate surface area is 171 Å². The molecular formula is C24H25N3O2. The zero-order chi connectivity index (χ0) is 20.5. The van der Waals surface area contributed by atoms with Crippen molar-refractivity contribution in [2.75, 3.05) is 12.4 Å². The number of hydrogen-bond acceptors (Lipinski definition) is 4. The first-order valence-corrected chi connectivity index (χ1v) is 9.71. The summed E-state index contributed by atoms with van der Waals surface area (Å²) in [6.45, 7) is 6.76. The Bertz CT molecular complexity index is 1040. The molecule has 1 aromatic heterocycles. The molecule has 0 radical (unpaired) electrons. The van der Waals surface area contributed by atoms with Gasteiger partial charge in [-0.05, 0) is 61.7 Å². The van der Waals surface area contributed by atoms with Gasteiger partial charge in [0, 0.05) is 18.4 Å². The van der Waals surface area contributed by atoms with E-state index < -0.39 is 0 Å². The number of methoxy groups -OCH3 is 1. The van der Waals surface area contributed by atoms with Crippen LogP contribution in [0.15, 0.2) is 54.7 Å². The summed E-state index contributed by atoms with van der Waals surface area (Å²) in [7, 11) is 1.65. The number of benzene rings is 2. The number of amides is 1. The molecule has 0 spiro atoms. The maximum Gasteiger partial charge on any atom is 0.258 e. The Morgan fingerprint density at radius 2 is 1.76 bits per heavy atom. The zero-order valence-electron chi connectivity index (χ0n) is 17.2. The van der Waals surface area contributed by atoms with E-state index in [0.29, 0.717) is 12.1 Å². The van der Waals surface area contributed by atoms with Crippen molar-refractivity contribution in [3.8, 4) is 5.75 Å². The van der Waals surface area contributed by atoms with Gasteiger partial charge in [0.05, 0.1) is 18.4 Å². The number of fused-ring (bicyclic) bond motifs is 1. The lowest BCUT2D eigenvalue weighted by atomic mass is 10.0. The average Bonchev–Trinajstić information content (AvgIpc) is 2.97. The Kier molecular flexibility index (Phi) is 4.97. The van der Waals surface area contributed by atoms with Crippen LogP contribution in [0.3, 0.4) is 0 Å². The van der Waals surface area contributed by atoms with Gasteiger partial charge in [-0.3, -0.25) is 9.78 Å². The predicted molar refractivity (Wildman–Crippen MR) is 114 cm³/mol. The molecule has 1 aliphatic heterocycles. The predicted octanol–water partition coefficient (Wildman–Crippen LogP) is 4.78. The number of aromatic nitrogens is 1. The molecule has 3 aromatic rings. The van der Waals surface area contributed by atoms with E-state index in [4.69, 9.17) is 4.74 Å². The number of aryl methyl sites for hydroxylation is 3. The molecule has 1 atom stereocenters. The zero-order valence-corrected chi connectivity index (χ0v) is 17.2. The standard InChI is InChI=1S/C24H25N3O2/c1-15-12-16(2)21(17(3)13-15)26-23-22-20(6-5-11-25-22)24(28)27(23)14-18-7-9-19(29-4)10-8-18/h5-13,23,26H,14H2,1-4H3/t23-/m1/s1. The fourth-order valence-corrected chi connectivity index (χ4v) is 4.02. The summed E-state index contributed by atoms with van der Waals surface area (Å²) < 4.78 is 5.24. The van der Waals surface area contributed by atoms with Crippen LogP contribution in [0, 0.1) is 20.8 Å². The molecule has 1 aliphatic rings. The summed E-state index contributed by atoms with van der Waals surface area (Å²) in [6.07, 6.45) is 1.42. The molecular weight excluding hydrogens is 362 g/mol.